The second-order valence-electron chi connectivity index (χ2n) is 7.77. The number of hydrogen-bond donors (Lipinski definition) is 1. The zero-order chi connectivity index (χ0) is 24.0. The Morgan fingerprint density at radius 2 is 1.61 bits per heavy atom. The summed E-state index contributed by atoms with van der Waals surface area (Å²) >= 11 is 0. The number of ether oxygens (including phenoxy) is 4. The highest BCUT2D eigenvalue weighted by molar-refractivity contribution is 5.93. The van der Waals surface area contributed by atoms with Crippen molar-refractivity contribution in [2.75, 3.05) is 64.8 Å². The number of amides is 1. The van der Waals surface area contributed by atoms with Crippen molar-refractivity contribution >= 4 is 23.3 Å². The van der Waals surface area contributed by atoms with Crippen molar-refractivity contribution in [3.63, 3.8) is 0 Å². The maximum absolute atomic E-state index is 12.7. The van der Waals surface area contributed by atoms with Crippen molar-refractivity contribution < 1.29 is 28.5 Å². The van der Waals surface area contributed by atoms with E-state index in [1.54, 1.807) is 24.3 Å². The molecule has 0 aromatic heterocycles. The second-order valence-corrected chi connectivity index (χ2v) is 7.77. The summed E-state index contributed by atoms with van der Waals surface area (Å²) in [5.41, 5.74) is 2.14. The number of carbonyl (C=O) groups is 2. The van der Waals surface area contributed by atoms with Crippen LogP contribution in [-0.4, -0.2) is 77.4 Å². The number of methoxy groups -OCH3 is 4. The van der Waals surface area contributed by atoms with Crippen molar-refractivity contribution in [2.45, 2.75) is 13.0 Å². The normalized spacial score (nSPS) is 16.2. The highest BCUT2D eigenvalue weighted by Crippen LogP contribution is 2.39. The number of nitrogens with zero attached hydrogens (tertiary/aromatic N) is 2. The summed E-state index contributed by atoms with van der Waals surface area (Å²) in [6, 6.07) is 11.0. The van der Waals surface area contributed by atoms with Crippen LogP contribution in [-0.2, 0) is 9.53 Å². The van der Waals surface area contributed by atoms with E-state index in [0.717, 1.165) is 25.3 Å². The molecule has 1 saturated heterocycles. The molecular weight excluding hydrogens is 426 g/mol. The number of benzene rings is 2. The van der Waals surface area contributed by atoms with Gasteiger partial charge in [0.15, 0.2) is 11.5 Å². The van der Waals surface area contributed by atoms with Gasteiger partial charge >= 0.3 is 5.97 Å². The van der Waals surface area contributed by atoms with Crippen LogP contribution in [0.4, 0.5) is 11.4 Å². The van der Waals surface area contributed by atoms with Crippen LogP contribution < -0.4 is 24.4 Å². The van der Waals surface area contributed by atoms with Gasteiger partial charge in [-0.15, -0.1) is 0 Å². The average molecular weight is 458 g/mol. The molecule has 0 aliphatic carbocycles. The van der Waals surface area contributed by atoms with Crippen LogP contribution in [0, 0.1) is 0 Å². The molecule has 1 heterocycles. The largest absolute Gasteiger partial charge is 0.493 e. The molecule has 1 N–H and O–H groups in total. The molecule has 1 aliphatic rings. The van der Waals surface area contributed by atoms with Gasteiger partial charge in [-0.1, -0.05) is 0 Å². The molecule has 0 bridgehead atoms. The Bertz CT molecular complexity index is 954. The first kappa shape index (κ1) is 24.2. The molecule has 0 saturated carbocycles. The molecule has 0 radical (unpaired) electrons. The van der Waals surface area contributed by atoms with E-state index in [9.17, 15) is 9.59 Å². The van der Waals surface area contributed by atoms with E-state index in [4.69, 9.17) is 18.9 Å². The molecule has 3 rings (SSSR count). The molecule has 0 spiro atoms. The molecule has 2 aromatic rings. The zero-order valence-electron chi connectivity index (χ0n) is 19.7. The molecular formula is C24H31N3O6. The van der Waals surface area contributed by atoms with Crippen molar-refractivity contribution in [1.29, 1.82) is 0 Å². The van der Waals surface area contributed by atoms with E-state index in [-0.39, 0.29) is 24.5 Å². The van der Waals surface area contributed by atoms with Crippen LogP contribution in [0.25, 0.3) is 0 Å². The second kappa shape index (κ2) is 10.9. The first-order chi connectivity index (χ1) is 15.9. The van der Waals surface area contributed by atoms with Crippen LogP contribution in [0.2, 0.25) is 0 Å². The van der Waals surface area contributed by atoms with E-state index in [1.807, 2.05) is 12.1 Å². The Morgan fingerprint density at radius 1 is 0.970 bits per heavy atom. The van der Waals surface area contributed by atoms with Crippen molar-refractivity contribution in [3.05, 3.63) is 42.0 Å². The fourth-order valence-electron chi connectivity index (χ4n) is 3.93. The maximum Gasteiger partial charge on any atom is 0.337 e. The van der Waals surface area contributed by atoms with E-state index >= 15 is 0 Å². The summed E-state index contributed by atoms with van der Waals surface area (Å²) < 4.78 is 20.8. The minimum absolute atomic E-state index is 0.119. The van der Waals surface area contributed by atoms with Gasteiger partial charge in [-0.3, -0.25) is 9.69 Å². The van der Waals surface area contributed by atoms with Crippen molar-refractivity contribution in [1.82, 2.24) is 4.90 Å². The lowest BCUT2D eigenvalue weighted by Crippen LogP contribution is -2.53. The predicted molar refractivity (Wildman–Crippen MR) is 126 cm³/mol. The van der Waals surface area contributed by atoms with Crippen LogP contribution in [0.5, 0.6) is 17.2 Å². The van der Waals surface area contributed by atoms with Gasteiger partial charge in [0.05, 0.1) is 40.5 Å². The summed E-state index contributed by atoms with van der Waals surface area (Å²) in [6.45, 7) is 4.66. The van der Waals surface area contributed by atoms with Crippen molar-refractivity contribution in [3.8, 4) is 17.2 Å². The Morgan fingerprint density at radius 3 is 2.12 bits per heavy atom. The Labute approximate surface area is 194 Å². The molecule has 1 fully saturated rings. The maximum atomic E-state index is 12.7. The van der Waals surface area contributed by atoms with Gasteiger partial charge in [0.2, 0.25) is 11.7 Å². The summed E-state index contributed by atoms with van der Waals surface area (Å²) in [6.07, 6.45) is 0. The van der Waals surface area contributed by atoms with E-state index in [0.29, 0.717) is 28.5 Å². The van der Waals surface area contributed by atoms with Gasteiger partial charge in [-0.05, 0) is 31.2 Å². The van der Waals surface area contributed by atoms with E-state index in [2.05, 4.69) is 22.0 Å². The fraction of sp³-hybridized carbons (Fsp3) is 0.417. The van der Waals surface area contributed by atoms with Gasteiger partial charge in [0, 0.05) is 49.2 Å². The molecule has 33 heavy (non-hydrogen) atoms. The van der Waals surface area contributed by atoms with Crippen LogP contribution in [0.15, 0.2) is 36.4 Å². The van der Waals surface area contributed by atoms with Gasteiger partial charge < -0.3 is 29.2 Å². The van der Waals surface area contributed by atoms with Gasteiger partial charge in [-0.2, -0.15) is 0 Å². The summed E-state index contributed by atoms with van der Waals surface area (Å²) in [5, 5.41) is 2.92. The van der Waals surface area contributed by atoms with Gasteiger partial charge in [0.25, 0.3) is 0 Å². The molecule has 9 nitrogen and oxygen atoms in total. The molecule has 1 amide bonds. The third-order valence-corrected chi connectivity index (χ3v) is 5.71. The fourth-order valence-corrected chi connectivity index (χ4v) is 3.93. The van der Waals surface area contributed by atoms with Crippen LogP contribution >= 0.6 is 0 Å². The number of esters is 1. The molecule has 1 unspecified atom stereocenters. The number of rotatable bonds is 8. The van der Waals surface area contributed by atoms with Crippen LogP contribution in [0.1, 0.15) is 17.3 Å². The minimum atomic E-state index is -0.349. The minimum Gasteiger partial charge on any atom is -0.493 e. The molecule has 1 atom stereocenters. The first-order valence-electron chi connectivity index (χ1n) is 10.7. The zero-order valence-corrected chi connectivity index (χ0v) is 19.7. The SMILES string of the molecule is COC(=O)c1ccc(N2CCN(CC(=O)Nc3cc(OC)c(OC)c(OC)c3)C(C)C2)cc1. The molecule has 2 aromatic carbocycles. The quantitative estimate of drug-likeness (QED) is 0.606. The Kier molecular flexibility index (Phi) is 8.00. The predicted octanol–water partition coefficient (Wildman–Crippen LogP) is 2.65. The number of nitrogens with one attached hydrogen (secondary N) is 1. The third kappa shape index (κ3) is 5.67. The number of carbonyl (C=O) groups excluding carboxylic acids is 2. The number of hydrogen-bond acceptors (Lipinski definition) is 8. The standard InChI is InChI=1S/C24H31N3O6/c1-16-14-27(19-8-6-17(7-9-19)24(29)33-5)11-10-26(16)15-22(28)25-18-12-20(30-2)23(32-4)21(13-18)31-3/h6-9,12-13,16H,10-11,14-15H2,1-5H3,(H,25,28). The smallest absolute Gasteiger partial charge is 0.337 e. The molecule has 178 valence electrons. The number of piperazine rings is 1. The lowest BCUT2D eigenvalue weighted by Gasteiger charge is -2.40. The topological polar surface area (TPSA) is 89.6 Å². The lowest BCUT2D eigenvalue weighted by atomic mass is 10.1. The Hall–Kier alpha value is -3.46. The lowest BCUT2D eigenvalue weighted by molar-refractivity contribution is -0.117. The number of anilines is 2. The van der Waals surface area contributed by atoms with Gasteiger partial charge in [0.1, 0.15) is 0 Å². The van der Waals surface area contributed by atoms with Crippen molar-refractivity contribution in [2.24, 2.45) is 0 Å². The summed E-state index contributed by atoms with van der Waals surface area (Å²) in [5.74, 6) is 0.965. The highest BCUT2D eigenvalue weighted by atomic mass is 16.5. The Balaban J connectivity index is 1.59. The summed E-state index contributed by atoms with van der Waals surface area (Å²) in [4.78, 5) is 28.8. The average Bonchev–Trinajstić information content (AvgIpc) is 2.84. The van der Waals surface area contributed by atoms with Crippen LogP contribution in [0.3, 0.4) is 0 Å². The van der Waals surface area contributed by atoms with Gasteiger partial charge in [-0.25, -0.2) is 4.79 Å². The monoisotopic (exact) mass is 457 g/mol. The molecule has 1 aliphatic heterocycles. The third-order valence-electron chi connectivity index (χ3n) is 5.71. The molecule has 9 heteroatoms. The summed E-state index contributed by atoms with van der Waals surface area (Å²) in [7, 11) is 5.97. The van der Waals surface area contributed by atoms with E-state index < -0.39 is 0 Å². The highest BCUT2D eigenvalue weighted by Gasteiger charge is 2.26. The first-order valence-corrected chi connectivity index (χ1v) is 10.7. The van der Waals surface area contributed by atoms with E-state index in [1.165, 1.54) is 28.4 Å².